The number of anilines is 1. The van der Waals surface area contributed by atoms with E-state index in [0.717, 1.165) is 18.7 Å². The Hall–Kier alpha value is -2.29. The van der Waals surface area contributed by atoms with Gasteiger partial charge in [0.15, 0.2) is 0 Å². The van der Waals surface area contributed by atoms with Crippen molar-refractivity contribution in [1.29, 1.82) is 0 Å². The Kier molecular flexibility index (Phi) is 3.37. The van der Waals surface area contributed by atoms with Gasteiger partial charge in [-0.1, -0.05) is 30.3 Å². The molecule has 0 saturated carbocycles. The highest BCUT2D eigenvalue weighted by atomic mass is 15.1. The van der Waals surface area contributed by atoms with E-state index in [9.17, 15) is 0 Å². The molecule has 1 atom stereocenters. The summed E-state index contributed by atoms with van der Waals surface area (Å²) in [5, 5.41) is 0. The molecule has 3 heteroatoms. The van der Waals surface area contributed by atoms with E-state index in [2.05, 4.69) is 73.0 Å². The van der Waals surface area contributed by atoms with Crippen molar-refractivity contribution in [2.75, 3.05) is 11.9 Å². The van der Waals surface area contributed by atoms with Gasteiger partial charge >= 0.3 is 0 Å². The standard InChI is InChI=1S/C20H23N3/c1-14-9-10-16-17(22(14)2)11-12-18-20(16)21-19(23(18)3)13-15-7-5-4-6-8-15/h4-8,11-12,14H,9-10,13H2,1-3H3. The monoisotopic (exact) mass is 305 g/mol. The van der Waals surface area contributed by atoms with Gasteiger partial charge in [0.05, 0.1) is 11.0 Å². The normalized spacial score (nSPS) is 17.5. The van der Waals surface area contributed by atoms with Gasteiger partial charge in [-0.15, -0.1) is 0 Å². The summed E-state index contributed by atoms with van der Waals surface area (Å²) >= 11 is 0. The fourth-order valence-corrected chi connectivity index (χ4v) is 3.65. The number of hydrogen-bond donors (Lipinski definition) is 0. The quantitative estimate of drug-likeness (QED) is 0.715. The minimum absolute atomic E-state index is 0.604. The van der Waals surface area contributed by atoms with Crippen LogP contribution in [-0.4, -0.2) is 22.6 Å². The second kappa shape index (κ2) is 5.41. The van der Waals surface area contributed by atoms with E-state index in [1.54, 1.807) is 0 Å². The van der Waals surface area contributed by atoms with Crippen molar-refractivity contribution in [2.24, 2.45) is 7.05 Å². The lowest BCUT2D eigenvalue weighted by Crippen LogP contribution is -2.33. The van der Waals surface area contributed by atoms with Crippen LogP contribution in [0.25, 0.3) is 11.0 Å². The number of aryl methyl sites for hydroxylation is 2. The molecule has 0 fully saturated rings. The van der Waals surface area contributed by atoms with Gasteiger partial charge in [-0.2, -0.15) is 0 Å². The van der Waals surface area contributed by atoms with E-state index in [1.165, 1.54) is 34.3 Å². The molecule has 2 aromatic carbocycles. The molecule has 0 N–H and O–H groups in total. The summed E-state index contributed by atoms with van der Waals surface area (Å²) in [6, 6.07) is 15.7. The number of rotatable bonds is 2. The molecule has 2 heterocycles. The lowest BCUT2D eigenvalue weighted by Gasteiger charge is -2.33. The first-order valence-corrected chi connectivity index (χ1v) is 8.39. The zero-order chi connectivity index (χ0) is 16.0. The molecule has 1 aliphatic rings. The molecule has 0 radical (unpaired) electrons. The lowest BCUT2D eigenvalue weighted by atomic mass is 9.96. The first kappa shape index (κ1) is 14.3. The Morgan fingerprint density at radius 1 is 1.09 bits per heavy atom. The van der Waals surface area contributed by atoms with Crippen LogP contribution in [0.15, 0.2) is 42.5 Å². The van der Waals surface area contributed by atoms with Gasteiger partial charge < -0.3 is 9.47 Å². The van der Waals surface area contributed by atoms with E-state index >= 15 is 0 Å². The SMILES string of the molecule is CC1CCc2c(ccc3c2nc(Cc2ccccc2)n3C)N1C. The highest BCUT2D eigenvalue weighted by Crippen LogP contribution is 2.35. The molecule has 0 bridgehead atoms. The molecular formula is C20H23N3. The van der Waals surface area contributed by atoms with Crippen molar-refractivity contribution in [3.63, 3.8) is 0 Å². The highest BCUT2D eigenvalue weighted by Gasteiger charge is 2.23. The Bertz CT molecular complexity index is 848. The second-order valence-corrected chi connectivity index (χ2v) is 6.68. The number of imidazole rings is 1. The number of fused-ring (bicyclic) bond motifs is 3. The third-order valence-corrected chi connectivity index (χ3v) is 5.28. The molecule has 0 spiro atoms. The van der Waals surface area contributed by atoms with Crippen LogP contribution >= 0.6 is 0 Å². The molecule has 1 aliphatic heterocycles. The third-order valence-electron chi connectivity index (χ3n) is 5.28. The maximum Gasteiger partial charge on any atom is 0.114 e. The smallest absolute Gasteiger partial charge is 0.114 e. The average molecular weight is 305 g/mol. The molecule has 1 unspecified atom stereocenters. The summed E-state index contributed by atoms with van der Waals surface area (Å²) in [5.41, 5.74) is 6.51. The van der Waals surface area contributed by atoms with Crippen molar-refractivity contribution in [1.82, 2.24) is 9.55 Å². The van der Waals surface area contributed by atoms with Crippen LogP contribution in [0, 0.1) is 0 Å². The van der Waals surface area contributed by atoms with Crippen LogP contribution in [0.3, 0.4) is 0 Å². The fraction of sp³-hybridized carbons (Fsp3) is 0.350. The predicted octanol–water partition coefficient (Wildman–Crippen LogP) is 3.94. The average Bonchev–Trinajstić information content (AvgIpc) is 2.88. The molecule has 0 saturated heterocycles. The molecule has 3 aromatic rings. The molecule has 0 aliphatic carbocycles. The summed E-state index contributed by atoms with van der Waals surface area (Å²) in [7, 11) is 4.33. The van der Waals surface area contributed by atoms with Crippen LogP contribution in [0.2, 0.25) is 0 Å². The summed E-state index contributed by atoms with van der Waals surface area (Å²) in [4.78, 5) is 7.41. The van der Waals surface area contributed by atoms with Crippen LogP contribution in [-0.2, 0) is 19.9 Å². The highest BCUT2D eigenvalue weighted by molar-refractivity contribution is 5.86. The van der Waals surface area contributed by atoms with Gasteiger partial charge in [0, 0.05) is 37.8 Å². The van der Waals surface area contributed by atoms with E-state index in [1.807, 2.05) is 0 Å². The van der Waals surface area contributed by atoms with Gasteiger partial charge in [0.25, 0.3) is 0 Å². The minimum atomic E-state index is 0.604. The van der Waals surface area contributed by atoms with Gasteiger partial charge in [0.2, 0.25) is 0 Å². The van der Waals surface area contributed by atoms with E-state index in [-0.39, 0.29) is 0 Å². The van der Waals surface area contributed by atoms with Crippen LogP contribution in [0.4, 0.5) is 5.69 Å². The summed E-state index contributed by atoms with van der Waals surface area (Å²) < 4.78 is 2.25. The van der Waals surface area contributed by atoms with Gasteiger partial charge in [-0.3, -0.25) is 0 Å². The Morgan fingerprint density at radius 2 is 1.87 bits per heavy atom. The van der Waals surface area contributed by atoms with Crippen molar-refractivity contribution in [3.05, 3.63) is 59.4 Å². The predicted molar refractivity (Wildman–Crippen MR) is 96.1 cm³/mol. The maximum atomic E-state index is 5.02. The third kappa shape index (κ3) is 2.31. The number of hydrogen-bond acceptors (Lipinski definition) is 2. The zero-order valence-electron chi connectivity index (χ0n) is 14.1. The van der Waals surface area contributed by atoms with Crippen molar-refractivity contribution >= 4 is 16.7 Å². The van der Waals surface area contributed by atoms with Crippen molar-refractivity contribution in [3.8, 4) is 0 Å². The van der Waals surface area contributed by atoms with Gasteiger partial charge in [-0.05, 0) is 37.5 Å². The lowest BCUT2D eigenvalue weighted by molar-refractivity contribution is 0.600. The summed E-state index contributed by atoms with van der Waals surface area (Å²) in [6.07, 6.45) is 3.21. The fourth-order valence-electron chi connectivity index (χ4n) is 3.65. The first-order chi connectivity index (χ1) is 11.1. The Balaban J connectivity index is 1.82. The minimum Gasteiger partial charge on any atom is -0.372 e. The molecular weight excluding hydrogens is 282 g/mol. The number of nitrogens with zero attached hydrogens (tertiary/aromatic N) is 3. The molecule has 23 heavy (non-hydrogen) atoms. The molecule has 3 nitrogen and oxygen atoms in total. The van der Waals surface area contributed by atoms with Crippen LogP contribution < -0.4 is 4.90 Å². The molecule has 118 valence electrons. The summed E-state index contributed by atoms with van der Waals surface area (Å²) in [6.45, 7) is 2.30. The first-order valence-electron chi connectivity index (χ1n) is 8.39. The van der Waals surface area contributed by atoms with Crippen molar-refractivity contribution < 1.29 is 0 Å². The Morgan fingerprint density at radius 3 is 2.65 bits per heavy atom. The van der Waals surface area contributed by atoms with Gasteiger partial charge in [-0.25, -0.2) is 4.98 Å². The van der Waals surface area contributed by atoms with E-state index in [0.29, 0.717) is 6.04 Å². The second-order valence-electron chi connectivity index (χ2n) is 6.68. The van der Waals surface area contributed by atoms with Gasteiger partial charge in [0.1, 0.15) is 5.82 Å². The van der Waals surface area contributed by atoms with Crippen molar-refractivity contribution in [2.45, 2.75) is 32.2 Å². The number of aromatic nitrogens is 2. The van der Waals surface area contributed by atoms with E-state index in [4.69, 9.17) is 4.98 Å². The number of benzene rings is 2. The molecule has 1 aromatic heterocycles. The maximum absolute atomic E-state index is 5.02. The topological polar surface area (TPSA) is 21.1 Å². The van der Waals surface area contributed by atoms with E-state index < -0.39 is 0 Å². The largest absolute Gasteiger partial charge is 0.372 e. The molecule has 0 amide bonds. The molecule has 4 rings (SSSR count). The zero-order valence-corrected chi connectivity index (χ0v) is 14.1. The van der Waals surface area contributed by atoms with Crippen LogP contribution in [0.5, 0.6) is 0 Å². The summed E-state index contributed by atoms with van der Waals surface area (Å²) in [5.74, 6) is 1.14. The van der Waals surface area contributed by atoms with Crippen LogP contribution in [0.1, 0.15) is 30.3 Å². The Labute approximate surface area is 137 Å².